The Labute approximate surface area is 78.4 Å². The van der Waals surface area contributed by atoms with E-state index in [4.69, 9.17) is 10.9 Å². The fraction of sp³-hybridized carbons (Fsp3) is 0.875. The summed E-state index contributed by atoms with van der Waals surface area (Å²) in [5.74, 6) is 1.93. The van der Waals surface area contributed by atoms with Gasteiger partial charge in [0, 0.05) is 17.4 Å². The molecule has 0 aliphatic carbocycles. The Bertz CT molecular complexity index is 148. The van der Waals surface area contributed by atoms with Gasteiger partial charge >= 0.3 is 0 Å². The number of nitrogens with two attached hydrogens (primary N) is 1. The smallest absolute Gasteiger partial charge is 0.139 e. The van der Waals surface area contributed by atoms with Gasteiger partial charge in [-0.15, -0.1) is 0 Å². The molecule has 0 rings (SSSR count). The van der Waals surface area contributed by atoms with Crippen LogP contribution < -0.4 is 5.73 Å². The number of thioether (sulfide) groups is 1. The molecule has 3 nitrogen and oxygen atoms in total. The third-order valence-electron chi connectivity index (χ3n) is 1.81. The molecule has 0 spiro atoms. The lowest BCUT2D eigenvalue weighted by molar-refractivity contribution is 0.317. The van der Waals surface area contributed by atoms with Crippen LogP contribution in [-0.4, -0.2) is 22.0 Å². The average molecular weight is 190 g/mol. The van der Waals surface area contributed by atoms with E-state index >= 15 is 0 Å². The number of hydrogen-bond donors (Lipinski definition) is 2. The maximum atomic E-state index is 8.26. The average Bonchev–Trinajstić information content (AvgIpc) is 2.03. The maximum absolute atomic E-state index is 8.26. The molecular weight excluding hydrogens is 172 g/mol. The molecule has 0 bridgehead atoms. The van der Waals surface area contributed by atoms with Crippen LogP contribution in [0, 0.1) is 5.92 Å². The zero-order chi connectivity index (χ0) is 9.56. The molecule has 72 valence electrons. The molecule has 0 aromatic heterocycles. The molecule has 12 heavy (non-hydrogen) atoms. The van der Waals surface area contributed by atoms with Crippen LogP contribution in [-0.2, 0) is 0 Å². The van der Waals surface area contributed by atoms with Gasteiger partial charge in [0.25, 0.3) is 0 Å². The van der Waals surface area contributed by atoms with Crippen LogP contribution in [0.3, 0.4) is 0 Å². The van der Waals surface area contributed by atoms with E-state index < -0.39 is 0 Å². The van der Waals surface area contributed by atoms with Gasteiger partial charge in [-0.05, 0) is 5.92 Å². The zero-order valence-electron chi connectivity index (χ0n) is 7.95. The van der Waals surface area contributed by atoms with Gasteiger partial charge in [-0.3, -0.25) is 0 Å². The molecule has 3 N–H and O–H groups in total. The highest BCUT2D eigenvalue weighted by Crippen LogP contribution is 2.18. The van der Waals surface area contributed by atoms with Crippen LogP contribution in [0.15, 0.2) is 5.16 Å². The summed E-state index contributed by atoms with van der Waals surface area (Å²) >= 11 is 1.86. The molecule has 0 fully saturated rings. The molecule has 0 radical (unpaired) electrons. The molecule has 0 aromatic carbocycles. The van der Waals surface area contributed by atoms with Gasteiger partial charge < -0.3 is 10.9 Å². The Morgan fingerprint density at radius 3 is 2.50 bits per heavy atom. The Balaban J connectivity index is 3.43. The van der Waals surface area contributed by atoms with E-state index in [0.29, 0.717) is 23.4 Å². The molecule has 0 saturated heterocycles. The minimum absolute atomic E-state index is 0.318. The van der Waals surface area contributed by atoms with Crippen LogP contribution in [0.25, 0.3) is 0 Å². The second-order valence-corrected chi connectivity index (χ2v) is 4.65. The first-order chi connectivity index (χ1) is 5.57. The molecule has 0 aromatic rings. The third kappa shape index (κ3) is 5.29. The van der Waals surface area contributed by atoms with E-state index in [1.165, 1.54) is 0 Å². The van der Waals surface area contributed by atoms with E-state index in [1.54, 1.807) is 0 Å². The second kappa shape index (κ2) is 6.17. The fourth-order valence-electron chi connectivity index (χ4n) is 0.592. The first kappa shape index (κ1) is 11.6. The Hall–Kier alpha value is -0.380. The minimum atomic E-state index is 0.318. The lowest BCUT2D eigenvalue weighted by Crippen LogP contribution is -2.14. The van der Waals surface area contributed by atoms with Crippen LogP contribution in [0.2, 0.25) is 0 Å². The van der Waals surface area contributed by atoms with E-state index in [9.17, 15) is 0 Å². The van der Waals surface area contributed by atoms with Gasteiger partial charge in [-0.25, -0.2) is 0 Å². The summed E-state index contributed by atoms with van der Waals surface area (Å²) < 4.78 is 0. The molecule has 1 atom stereocenters. The summed E-state index contributed by atoms with van der Waals surface area (Å²) in [7, 11) is 0. The zero-order valence-corrected chi connectivity index (χ0v) is 8.77. The summed E-state index contributed by atoms with van der Waals surface area (Å²) in [5.41, 5.74) is 5.32. The van der Waals surface area contributed by atoms with Crippen molar-refractivity contribution in [2.24, 2.45) is 16.8 Å². The fourth-order valence-corrected chi connectivity index (χ4v) is 1.68. The number of nitrogens with zero attached hydrogens (tertiary/aromatic N) is 1. The molecular formula is C8H18N2OS. The van der Waals surface area contributed by atoms with Crippen molar-refractivity contribution in [3.63, 3.8) is 0 Å². The summed E-state index contributed by atoms with van der Waals surface area (Å²) in [5, 5.41) is 11.8. The van der Waals surface area contributed by atoms with Crippen LogP contribution in [0.4, 0.5) is 0 Å². The largest absolute Gasteiger partial charge is 0.409 e. The maximum Gasteiger partial charge on any atom is 0.139 e. The number of rotatable bonds is 5. The number of amidine groups is 1. The predicted octanol–water partition coefficient (Wildman–Crippen LogP) is 1.90. The minimum Gasteiger partial charge on any atom is -0.409 e. The quantitative estimate of drug-likeness (QED) is 0.301. The van der Waals surface area contributed by atoms with Gasteiger partial charge in [0.2, 0.25) is 0 Å². The third-order valence-corrected chi connectivity index (χ3v) is 3.32. The van der Waals surface area contributed by atoms with Crippen molar-refractivity contribution >= 4 is 17.6 Å². The highest BCUT2D eigenvalue weighted by molar-refractivity contribution is 7.99. The number of hydrogen-bond acceptors (Lipinski definition) is 3. The van der Waals surface area contributed by atoms with Crippen molar-refractivity contribution in [3.05, 3.63) is 0 Å². The Morgan fingerprint density at radius 1 is 1.50 bits per heavy atom. The molecule has 0 aliphatic rings. The monoisotopic (exact) mass is 190 g/mol. The summed E-state index contributed by atoms with van der Waals surface area (Å²) in [6, 6.07) is 0. The normalized spacial score (nSPS) is 15.2. The first-order valence-corrected chi connectivity index (χ1v) is 5.20. The summed E-state index contributed by atoms with van der Waals surface area (Å²) in [4.78, 5) is 0. The SMILES string of the molecule is CC(C)C(C)SCCC(N)=NO. The highest BCUT2D eigenvalue weighted by Gasteiger charge is 2.06. The molecule has 4 heteroatoms. The van der Waals surface area contributed by atoms with E-state index in [-0.39, 0.29) is 0 Å². The van der Waals surface area contributed by atoms with E-state index in [2.05, 4.69) is 25.9 Å². The summed E-state index contributed by atoms with van der Waals surface area (Å²) in [6.07, 6.45) is 0.665. The van der Waals surface area contributed by atoms with Crippen LogP contribution in [0.5, 0.6) is 0 Å². The predicted molar refractivity (Wildman–Crippen MR) is 54.8 cm³/mol. The van der Waals surface area contributed by atoms with Gasteiger partial charge in [-0.1, -0.05) is 25.9 Å². The second-order valence-electron chi connectivity index (χ2n) is 3.16. The molecule has 0 heterocycles. The lowest BCUT2D eigenvalue weighted by atomic mass is 10.2. The first-order valence-electron chi connectivity index (χ1n) is 4.16. The standard InChI is InChI=1S/C8H18N2OS/c1-6(2)7(3)12-5-4-8(9)10-11/h6-7,11H,4-5H2,1-3H3,(H2,9,10). The van der Waals surface area contributed by atoms with Crippen molar-refractivity contribution in [2.45, 2.75) is 32.4 Å². The molecule has 1 unspecified atom stereocenters. The highest BCUT2D eigenvalue weighted by atomic mass is 32.2. The summed E-state index contributed by atoms with van der Waals surface area (Å²) in [6.45, 7) is 6.59. The topological polar surface area (TPSA) is 58.6 Å². The Morgan fingerprint density at radius 2 is 2.08 bits per heavy atom. The van der Waals surface area contributed by atoms with Crippen molar-refractivity contribution in [2.75, 3.05) is 5.75 Å². The van der Waals surface area contributed by atoms with Crippen LogP contribution >= 0.6 is 11.8 Å². The van der Waals surface area contributed by atoms with Gasteiger partial charge in [-0.2, -0.15) is 11.8 Å². The van der Waals surface area contributed by atoms with Gasteiger partial charge in [0.1, 0.15) is 5.84 Å². The molecule has 0 aliphatic heterocycles. The molecule has 0 amide bonds. The molecule has 0 saturated carbocycles. The Kier molecular flexibility index (Phi) is 5.98. The van der Waals surface area contributed by atoms with Crippen molar-refractivity contribution in [3.8, 4) is 0 Å². The van der Waals surface area contributed by atoms with Crippen LogP contribution in [0.1, 0.15) is 27.2 Å². The van der Waals surface area contributed by atoms with Gasteiger partial charge in [0.05, 0.1) is 0 Å². The van der Waals surface area contributed by atoms with Crippen molar-refractivity contribution < 1.29 is 5.21 Å². The lowest BCUT2D eigenvalue weighted by Gasteiger charge is -2.14. The van der Waals surface area contributed by atoms with Gasteiger partial charge in [0.15, 0.2) is 0 Å². The van der Waals surface area contributed by atoms with Crippen molar-refractivity contribution in [1.29, 1.82) is 0 Å². The van der Waals surface area contributed by atoms with E-state index in [1.807, 2.05) is 11.8 Å². The number of oxime groups is 1. The van der Waals surface area contributed by atoms with E-state index in [0.717, 1.165) is 5.75 Å². The van der Waals surface area contributed by atoms with Crippen molar-refractivity contribution in [1.82, 2.24) is 0 Å².